The number of carbonyl (C=O) groups excluding carboxylic acids is 1. The summed E-state index contributed by atoms with van der Waals surface area (Å²) in [6.45, 7) is 0. The Morgan fingerprint density at radius 3 is 2.50 bits per heavy atom. The van der Waals surface area contributed by atoms with E-state index in [2.05, 4.69) is 4.74 Å². The highest BCUT2D eigenvalue weighted by Gasteiger charge is 2.57. The maximum atomic E-state index is 12.2. The molecule has 4 nitrogen and oxygen atoms in total. The number of hydrogen-bond acceptors (Lipinski definition) is 4. The highest BCUT2D eigenvalue weighted by atomic mass is 35.5. The lowest BCUT2D eigenvalue weighted by atomic mass is 9.85. The van der Waals surface area contributed by atoms with Gasteiger partial charge in [0.1, 0.15) is 0 Å². The number of rotatable bonds is 1. The lowest BCUT2D eigenvalue weighted by Crippen LogP contribution is -2.34. The van der Waals surface area contributed by atoms with Crippen LogP contribution in [0.1, 0.15) is 25.7 Å². The molecule has 2 rings (SSSR count). The monoisotopic (exact) mass is 266 g/mol. The van der Waals surface area contributed by atoms with Crippen molar-refractivity contribution in [2.24, 2.45) is 5.92 Å². The zero-order valence-electron chi connectivity index (χ0n) is 9.06. The van der Waals surface area contributed by atoms with Gasteiger partial charge in [0.05, 0.1) is 17.7 Å². The van der Waals surface area contributed by atoms with Gasteiger partial charge in [-0.2, -0.15) is 0 Å². The lowest BCUT2D eigenvalue weighted by molar-refractivity contribution is -0.140. The summed E-state index contributed by atoms with van der Waals surface area (Å²) in [5.41, 5.74) is 0. The number of alkyl halides is 1. The molecule has 2 aliphatic rings. The molecule has 0 aromatic heterocycles. The Labute approximate surface area is 100 Å². The van der Waals surface area contributed by atoms with E-state index in [1.54, 1.807) is 0 Å². The number of ether oxygens (including phenoxy) is 1. The van der Waals surface area contributed by atoms with Crippen molar-refractivity contribution >= 4 is 27.4 Å². The van der Waals surface area contributed by atoms with Gasteiger partial charge in [-0.1, -0.05) is 12.8 Å². The molecule has 0 N–H and O–H groups in total. The summed E-state index contributed by atoms with van der Waals surface area (Å²) in [7, 11) is -2.26. The molecule has 1 aliphatic carbocycles. The highest BCUT2D eigenvalue weighted by molar-refractivity contribution is 7.93. The topological polar surface area (TPSA) is 60.4 Å². The fraction of sp³-hybridized carbons (Fsp3) is 0.900. The minimum absolute atomic E-state index is 0.0792. The number of hydrogen-bond donors (Lipinski definition) is 0. The SMILES string of the molecule is COC(=O)C1C(Cl)C2CCCCC2S1(=O)=O. The average molecular weight is 267 g/mol. The van der Waals surface area contributed by atoms with Crippen LogP contribution in [0.3, 0.4) is 0 Å². The van der Waals surface area contributed by atoms with Crippen LogP contribution in [-0.2, 0) is 19.4 Å². The van der Waals surface area contributed by atoms with Gasteiger partial charge in [-0.05, 0) is 18.8 Å². The Morgan fingerprint density at radius 1 is 1.31 bits per heavy atom. The van der Waals surface area contributed by atoms with Crippen LogP contribution < -0.4 is 0 Å². The third-order valence-corrected chi connectivity index (χ3v) is 7.01. The molecule has 1 aliphatic heterocycles. The molecule has 0 aromatic rings. The maximum Gasteiger partial charge on any atom is 0.325 e. The second-order valence-electron chi connectivity index (χ2n) is 4.46. The van der Waals surface area contributed by atoms with Gasteiger partial charge in [0.2, 0.25) is 0 Å². The fourth-order valence-electron chi connectivity index (χ4n) is 2.87. The molecule has 4 unspecified atom stereocenters. The summed E-state index contributed by atoms with van der Waals surface area (Å²) in [6.07, 6.45) is 3.32. The van der Waals surface area contributed by atoms with Crippen LogP contribution in [0.4, 0.5) is 0 Å². The van der Waals surface area contributed by atoms with Crippen molar-refractivity contribution < 1.29 is 17.9 Å². The van der Waals surface area contributed by atoms with E-state index in [9.17, 15) is 13.2 Å². The molecule has 4 atom stereocenters. The molecular formula is C10H15ClO4S. The number of carbonyl (C=O) groups is 1. The van der Waals surface area contributed by atoms with Crippen LogP contribution in [0.2, 0.25) is 0 Å². The zero-order chi connectivity index (χ0) is 11.9. The quantitative estimate of drug-likeness (QED) is 0.527. The second-order valence-corrected chi connectivity index (χ2v) is 7.26. The van der Waals surface area contributed by atoms with E-state index in [0.717, 1.165) is 19.3 Å². The van der Waals surface area contributed by atoms with E-state index in [4.69, 9.17) is 11.6 Å². The lowest BCUT2D eigenvalue weighted by Gasteiger charge is -2.24. The van der Waals surface area contributed by atoms with Crippen LogP contribution in [0.5, 0.6) is 0 Å². The summed E-state index contributed by atoms with van der Waals surface area (Å²) in [5.74, 6) is -0.793. The van der Waals surface area contributed by atoms with E-state index in [-0.39, 0.29) is 5.92 Å². The van der Waals surface area contributed by atoms with Crippen LogP contribution in [0, 0.1) is 5.92 Å². The molecule has 1 heterocycles. The van der Waals surface area contributed by atoms with Gasteiger partial charge in [0, 0.05) is 0 Å². The third kappa shape index (κ3) is 1.64. The predicted molar refractivity (Wildman–Crippen MR) is 60.1 cm³/mol. The van der Waals surface area contributed by atoms with Gasteiger partial charge in [0.15, 0.2) is 15.1 Å². The van der Waals surface area contributed by atoms with Crippen molar-refractivity contribution in [3.63, 3.8) is 0 Å². The van der Waals surface area contributed by atoms with Gasteiger partial charge >= 0.3 is 5.97 Å². The first-order valence-corrected chi connectivity index (χ1v) is 7.49. The highest BCUT2D eigenvalue weighted by Crippen LogP contribution is 2.44. The van der Waals surface area contributed by atoms with Gasteiger partial charge in [0.25, 0.3) is 0 Å². The molecule has 0 amide bonds. The van der Waals surface area contributed by atoms with E-state index in [0.29, 0.717) is 6.42 Å². The Hall–Kier alpha value is -0.290. The number of halogens is 1. The van der Waals surface area contributed by atoms with Crippen molar-refractivity contribution in [1.29, 1.82) is 0 Å². The molecule has 1 saturated carbocycles. The number of esters is 1. The van der Waals surface area contributed by atoms with Crippen LogP contribution in [0.15, 0.2) is 0 Å². The first kappa shape index (κ1) is 12.2. The smallest absolute Gasteiger partial charge is 0.325 e. The van der Waals surface area contributed by atoms with Gasteiger partial charge in [-0.15, -0.1) is 11.6 Å². The molecular weight excluding hydrogens is 252 g/mol. The third-order valence-electron chi connectivity index (χ3n) is 3.66. The molecule has 0 bridgehead atoms. The summed E-state index contributed by atoms with van der Waals surface area (Å²) in [6, 6.07) is 0. The van der Waals surface area contributed by atoms with Crippen molar-refractivity contribution in [2.75, 3.05) is 7.11 Å². The van der Waals surface area contributed by atoms with E-state index in [1.165, 1.54) is 7.11 Å². The first-order valence-electron chi connectivity index (χ1n) is 5.44. The van der Waals surface area contributed by atoms with Gasteiger partial charge in [-0.3, -0.25) is 4.79 Å². The molecule has 92 valence electrons. The standard InChI is InChI=1S/C10H15ClO4S/c1-15-10(12)9-8(11)6-4-2-3-5-7(6)16(9,13)14/h6-9H,2-5H2,1H3. The normalized spacial score (nSPS) is 41.4. The van der Waals surface area contributed by atoms with Crippen molar-refractivity contribution in [3.8, 4) is 0 Å². The fourth-order valence-corrected chi connectivity index (χ4v) is 6.39. The predicted octanol–water partition coefficient (Wildman–Crippen LogP) is 1.12. The molecule has 16 heavy (non-hydrogen) atoms. The minimum atomic E-state index is -3.45. The Balaban J connectivity index is 2.37. The largest absolute Gasteiger partial charge is 0.468 e. The first-order chi connectivity index (χ1) is 7.50. The van der Waals surface area contributed by atoms with Crippen molar-refractivity contribution in [1.82, 2.24) is 0 Å². The van der Waals surface area contributed by atoms with Gasteiger partial charge in [-0.25, -0.2) is 8.42 Å². The molecule has 6 heteroatoms. The number of sulfone groups is 1. The number of fused-ring (bicyclic) bond motifs is 1. The van der Waals surface area contributed by atoms with Gasteiger partial charge < -0.3 is 4.74 Å². The molecule has 2 fully saturated rings. The summed E-state index contributed by atoms with van der Waals surface area (Å²) < 4.78 is 28.8. The second kappa shape index (κ2) is 4.18. The zero-order valence-corrected chi connectivity index (χ0v) is 10.6. The Bertz CT molecular complexity index is 392. The number of methoxy groups -OCH3 is 1. The molecule has 0 spiro atoms. The van der Waals surface area contributed by atoms with Crippen molar-refractivity contribution in [3.05, 3.63) is 0 Å². The summed E-state index contributed by atoms with van der Waals surface area (Å²) in [4.78, 5) is 11.5. The minimum Gasteiger partial charge on any atom is -0.468 e. The van der Waals surface area contributed by atoms with Crippen LogP contribution >= 0.6 is 11.6 Å². The molecule has 0 aromatic carbocycles. The van der Waals surface area contributed by atoms with Crippen LogP contribution in [0.25, 0.3) is 0 Å². The van der Waals surface area contributed by atoms with Crippen molar-refractivity contribution in [2.45, 2.75) is 41.6 Å². The molecule has 1 saturated heterocycles. The van der Waals surface area contributed by atoms with E-state index in [1.807, 2.05) is 0 Å². The Kier molecular flexibility index (Phi) is 3.18. The average Bonchev–Trinajstić information content (AvgIpc) is 2.47. The molecule has 0 radical (unpaired) electrons. The maximum absolute atomic E-state index is 12.2. The summed E-state index contributed by atoms with van der Waals surface area (Å²) >= 11 is 6.13. The van der Waals surface area contributed by atoms with E-state index >= 15 is 0 Å². The summed E-state index contributed by atoms with van der Waals surface area (Å²) in [5, 5.41) is -2.22. The van der Waals surface area contributed by atoms with E-state index < -0.39 is 31.7 Å². The van der Waals surface area contributed by atoms with Crippen LogP contribution in [-0.4, -0.2) is 37.4 Å². The Morgan fingerprint density at radius 2 is 1.94 bits per heavy atom.